The van der Waals surface area contributed by atoms with Crippen LogP contribution < -0.4 is 0 Å². The Morgan fingerprint density at radius 1 is 1.06 bits per heavy atom. The third-order valence-corrected chi connectivity index (χ3v) is 3.78. The van der Waals surface area contributed by atoms with Gasteiger partial charge < -0.3 is 4.98 Å². The second-order valence-electron chi connectivity index (χ2n) is 3.87. The van der Waals surface area contributed by atoms with Crippen LogP contribution in [0.2, 0.25) is 0 Å². The molecule has 1 heterocycles. The highest BCUT2D eigenvalue weighted by molar-refractivity contribution is 9.10. The van der Waals surface area contributed by atoms with Crippen LogP contribution in [0.1, 0.15) is 0 Å². The van der Waals surface area contributed by atoms with Crippen LogP contribution >= 0.6 is 31.9 Å². The fourth-order valence-corrected chi connectivity index (χ4v) is 2.69. The molecule has 0 radical (unpaired) electrons. The lowest BCUT2D eigenvalue weighted by atomic mass is 10.2. The highest BCUT2D eigenvalue weighted by Gasteiger charge is 2.09. The van der Waals surface area contributed by atoms with Gasteiger partial charge in [-0.25, -0.2) is 9.37 Å². The molecule has 0 saturated heterocycles. The number of hydrogen-bond donors (Lipinski definition) is 1. The van der Waals surface area contributed by atoms with Crippen LogP contribution in [-0.2, 0) is 0 Å². The fraction of sp³-hybridized carbons (Fsp3) is 0. The first-order valence-electron chi connectivity index (χ1n) is 5.24. The summed E-state index contributed by atoms with van der Waals surface area (Å²) in [4.78, 5) is 7.71. The van der Waals surface area contributed by atoms with Gasteiger partial charge in [0.05, 0.1) is 11.0 Å². The Balaban J connectivity index is 2.19. The molecular weight excluding hydrogens is 363 g/mol. The van der Waals surface area contributed by atoms with E-state index in [4.69, 9.17) is 0 Å². The zero-order valence-corrected chi connectivity index (χ0v) is 12.2. The van der Waals surface area contributed by atoms with Gasteiger partial charge in [0.25, 0.3) is 0 Å². The van der Waals surface area contributed by atoms with Crippen molar-refractivity contribution in [3.05, 3.63) is 51.2 Å². The highest BCUT2D eigenvalue weighted by atomic mass is 79.9. The van der Waals surface area contributed by atoms with Gasteiger partial charge >= 0.3 is 0 Å². The molecule has 2 nitrogen and oxygen atoms in total. The van der Waals surface area contributed by atoms with E-state index in [2.05, 4.69) is 41.8 Å². The molecule has 0 fully saturated rings. The minimum Gasteiger partial charge on any atom is -0.338 e. The van der Waals surface area contributed by atoms with E-state index in [0.29, 0.717) is 4.47 Å². The smallest absolute Gasteiger partial charge is 0.139 e. The Kier molecular flexibility index (Phi) is 2.95. The van der Waals surface area contributed by atoms with Crippen molar-refractivity contribution in [1.29, 1.82) is 0 Å². The second-order valence-corrected chi connectivity index (χ2v) is 5.64. The van der Waals surface area contributed by atoms with Gasteiger partial charge in [-0.2, -0.15) is 0 Å². The van der Waals surface area contributed by atoms with Gasteiger partial charge in [-0.15, -0.1) is 0 Å². The van der Waals surface area contributed by atoms with E-state index in [-0.39, 0.29) is 5.82 Å². The summed E-state index contributed by atoms with van der Waals surface area (Å²) in [5.74, 6) is 0.444. The monoisotopic (exact) mass is 368 g/mol. The summed E-state index contributed by atoms with van der Waals surface area (Å²) in [5.41, 5.74) is 2.66. The molecule has 0 spiro atoms. The molecule has 0 atom stereocenters. The number of nitrogens with one attached hydrogen (secondary N) is 1. The Labute approximate surface area is 119 Å². The lowest BCUT2D eigenvalue weighted by Gasteiger charge is -2.00. The molecule has 2 aromatic carbocycles. The molecule has 5 heteroatoms. The lowest BCUT2D eigenvalue weighted by Crippen LogP contribution is -1.83. The molecule has 0 bridgehead atoms. The summed E-state index contributed by atoms with van der Waals surface area (Å²) in [6.45, 7) is 0. The predicted octanol–water partition coefficient (Wildman–Crippen LogP) is 4.89. The molecule has 18 heavy (non-hydrogen) atoms. The van der Waals surface area contributed by atoms with Gasteiger partial charge in [-0.3, -0.25) is 0 Å². The maximum Gasteiger partial charge on any atom is 0.139 e. The number of nitrogens with zero attached hydrogens (tertiary/aromatic N) is 1. The van der Waals surface area contributed by atoms with E-state index in [0.717, 1.165) is 26.9 Å². The third-order valence-electron chi connectivity index (χ3n) is 2.63. The summed E-state index contributed by atoms with van der Waals surface area (Å²) in [6.07, 6.45) is 0. The zero-order chi connectivity index (χ0) is 12.7. The number of fused-ring (bicyclic) bond motifs is 1. The van der Waals surface area contributed by atoms with E-state index in [1.165, 1.54) is 12.1 Å². The molecule has 0 aliphatic rings. The van der Waals surface area contributed by atoms with E-state index in [1.807, 2.05) is 18.2 Å². The van der Waals surface area contributed by atoms with Gasteiger partial charge in [0.1, 0.15) is 11.6 Å². The second kappa shape index (κ2) is 4.48. The topological polar surface area (TPSA) is 28.7 Å². The first-order valence-corrected chi connectivity index (χ1v) is 6.83. The lowest BCUT2D eigenvalue weighted by molar-refractivity contribution is 0.627. The van der Waals surface area contributed by atoms with Crippen molar-refractivity contribution >= 4 is 42.9 Å². The van der Waals surface area contributed by atoms with Crippen molar-refractivity contribution in [3.63, 3.8) is 0 Å². The van der Waals surface area contributed by atoms with Crippen molar-refractivity contribution in [2.75, 3.05) is 0 Å². The van der Waals surface area contributed by atoms with E-state index in [1.54, 1.807) is 6.07 Å². The number of halogens is 3. The van der Waals surface area contributed by atoms with Crippen LogP contribution in [0.25, 0.3) is 22.4 Å². The van der Waals surface area contributed by atoms with E-state index < -0.39 is 0 Å². The summed E-state index contributed by atoms with van der Waals surface area (Å²) in [5, 5.41) is 0. The maximum absolute atomic E-state index is 13.1. The number of aromatic amines is 1. The van der Waals surface area contributed by atoms with Gasteiger partial charge in [-0.05, 0) is 52.3 Å². The van der Waals surface area contributed by atoms with Crippen LogP contribution in [0.4, 0.5) is 4.39 Å². The molecule has 0 unspecified atom stereocenters. The standard InChI is InChI=1S/C13H7Br2FN2/c14-7-1-4-11-12(5-7)18-13(17-11)9-3-2-8(16)6-10(9)15/h1-6H,(H,17,18). The van der Waals surface area contributed by atoms with E-state index in [9.17, 15) is 4.39 Å². The van der Waals surface area contributed by atoms with Crippen molar-refractivity contribution < 1.29 is 4.39 Å². The SMILES string of the molecule is Fc1ccc(-c2nc3ccc(Br)cc3[nH]2)c(Br)c1. The molecule has 0 aliphatic heterocycles. The summed E-state index contributed by atoms with van der Waals surface area (Å²) in [6, 6.07) is 10.4. The summed E-state index contributed by atoms with van der Waals surface area (Å²) < 4.78 is 14.7. The fourth-order valence-electron chi connectivity index (χ4n) is 1.79. The Bertz CT molecular complexity index is 737. The summed E-state index contributed by atoms with van der Waals surface area (Å²) >= 11 is 6.76. The minimum atomic E-state index is -0.274. The number of H-pyrrole nitrogens is 1. The van der Waals surface area contributed by atoms with Gasteiger partial charge in [0.15, 0.2) is 0 Å². The molecule has 1 N–H and O–H groups in total. The van der Waals surface area contributed by atoms with Gasteiger partial charge in [0.2, 0.25) is 0 Å². The first-order chi connectivity index (χ1) is 8.63. The Morgan fingerprint density at radius 2 is 1.89 bits per heavy atom. The quantitative estimate of drug-likeness (QED) is 0.649. The minimum absolute atomic E-state index is 0.274. The molecule has 90 valence electrons. The number of aromatic nitrogens is 2. The molecule has 3 aromatic rings. The highest BCUT2D eigenvalue weighted by Crippen LogP contribution is 2.29. The number of hydrogen-bond acceptors (Lipinski definition) is 1. The number of rotatable bonds is 1. The Hall–Kier alpha value is -1.20. The average molecular weight is 370 g/mol. The molecule has 3 rings (SSSR count). The van der Waals surface area contributed by atoms with Gasteiger partial charge in [-0.1, -0.05) is 15.9 Å². The van der Waals surface area contributed by atoms with E-state index >= 15 is 0 Å². The summed E-state index contributed by atoms with van der Waals surface area (Å²) in [7, 11) is 0. The van der Waals surface area contributed by atoms with Crippen LogP contribution in [0, 0.1) is 5.82 Å². The normalized spacial score (nSPS) is 11.1. The van der Waals surface area contributed by atoms with Crippen molar-refractivity contribution in [2.45, 2.75) is 0 Å². The average Bonchev–Trinajstić information content (AvgIpc) is 2.71. The van der Waals surface area contributed by atoms with Crippen LogP contribution in [0.15, 0.2) is 45.3 Å². The third kappa shape index (κ3) is 2.08. The molecule has 0 aliphatic carbocycles. The Morgan fingerprint density at radius 3 is 2.67 bits per heavy atom. The van der Waals surface area contributed by atoms with Crippen molar-refractivity contribution in [2.24, 2.45) is 0 Å². The molecule has 0 amide bonds. The van der Waals surface area contributed by atoms with Crippen LogP contribution in [-0.4, -0.2) is 9.97 Å². The number of benzene rings is 2. The van der Waals surface area contributed by atoms with Gasteiger partial charge in [0, 0.05) is 14.5 Å². The van der Waals surface area contributed by atoms with Crippen molar-refractivity contribution in [3.8, 4) is 11.4 Å². The molecule has 1 aromatic heterocycles. The first kappa shape index (κ1) is 11.9. The van der Waals surface area contributed by atoms with Crippen molar-refractivity contribution in [1.82, 2.24) is 9.97 Å². The van der Waals surface area contributed by atoms with Crippen LogP contribution in [0.5, 0.6) is 0 Å². The molecule has 0 saturated carbocycles. The predicted molar refractivity (Wildman–Crippen MR) is 76.9 cm³/mol. The largest absolute Gasteiger partial charge is 0.338 e. The zero-order valence-electron chi connectivity index (χ0n) is 9.05. The number of imidazole rings is 1. The molecular formula is C13H7Br2FN2. The maximum atomic E-state index is 13.1. The van der Waals surface area contributed by atoms with Crippen LogP contribution in [0.3, 0.4) is 0 Å².